The van der Waals surface area contributed by atoms with Crippen molar-refractivity contribution in [3.63, 3.8) is 0 Å². The van der Waals surface area contributed by atoms with Crippen LogP contribution in [0, 0.1) is 18.3 Å². The van der Waals surface area contributed by atoms with Gasteiger partial charge in [0.2, 0.25) is 0 Å². The van der Waals surface area contributed by atoms with E-state index in [0.717, 1.165) is 11.6 Å². The highest BCUT2D eigenvalue weighted by molar-refractivity contribution is 8.23. The molecule has 1 aromatic rings. The van der Waals surface area contributed by atoms with Gasteiger partial charge in [-0.15, -0.1) is 10.9 Å². The number of hydrogen-bond acceptors (Lipinski definition) is 2. The second kappa shape index (κ2) is 4.22. The van der Waals surface area contributed by atoms with Gasteiger partial charge in [-0.3, -0.25) is 0 Å². The van der Waals surface area contributed by atoms with Gasteiger partial charge in [-0.2, -0.15) is 5.26 Å². The quantitative estimate of drug-likeness (QED) is 0.594. The second-order valence-electron chi connectivity index (χ2n) is 3.69. The van der Waals surface area contributed by atoms with Crippen LogP contribution in [0.5, 0.6) is 0 Å². The van der Waals surface area contributed by atoms with Gasteiger partial charge in [0.15, 0.2) is 0 Å². The van der Waals surface area contributed by atoms with Gasteiger partial charge in [0.25, 0.3) is 0 Å². The molecule has 1 unspecified atom stereocenters. The molecule has 2 rings (SSSR count). The highest BCUT2D eigenvalue weighted by Crippen LogP contribution is 2.53. The standard InChI is InChI=1S/C12H10F2N2S/c1-7-2-10(16)11(3-8(7)5-15)17-6-9(13)4-12(17)14/h2-4,6,17H,16H2,1H3. The lowest BCUT2D eigenvalue weighted by molar-refractivity contribution is 0.653. The molecule has 0 radical (unpaired) electrons. The van der Waals surface area contributed by atoms with Crippen LogP contribution in [0.15, 0.2) is 39.5 Å². The first-order valence-electron chi connectivity index (χ1n) is 4.87. The summed E-state index contributed by atoms with van der Waals surface area (Å²) >= 11 is 0. The molecular weight excluding hydrogens is 242 g/mol. The zero-order chi connectivity index (χ0) is 12.6. The first kappa shape index (κ1) is 11.7. The third-order valence-corrected chi connectivity index (χ3v) is 4.49. The molecule has 1 atom stereocenters. The van der Waals surface area contributed by atoms with Gasteiger partial charge >= 0.3 is 0 Å². The van der Waals surface area contributed by atoms with Crippen molar-refractivity contribution in [2.45, 2.75) is 11.8 Å². The van der Waals surface area contributed by atoms with E-state index in [4.69, 9.17) is 11.0 Å². The number of nitriles is 1. The van der Waals surface area contributed by atoms with Crippen molar-refractivity contribution in [2.75, 3.05) is 5.73 Å². The van der Waals surface area contributed by atoms with Crippen LogP contribution < -0.4 is 5.73 Å². The Hall–Kier alpha value is -1.80. The van der Waals surface area contributed by atoms with Crippen LogP contribution in [0.25, 0.3) is 0 Å². The molecule has 0 aliphatic carbocycles. The Morgan fingerprint density at radius 3 is 2.59 bits per heavy atom. The van der Waals surface area contributed by atoms with E-state index in [2.05, 4.69) is 0 Å². The fourth-order valence-corrected chi connectivity index (χ4v) is 3.33. The van der Waals surface area contributed by atoms with E-state index < -0.39 is 21.9 Å². The van der Waals surface area contributed by atoms with Crippen molar-refractivity contribution in [3.8, 4) is 6.07 Å². The normalized spacial score (nSPS) is 20.7. The van der Waals surface area contributed by atoms with Crippen LogP contribution >= 0.6 is 10.9 Å². The van der Waals surface area contributed by atoms with Crippen molar-refractivity contribution in [1.29, 1.82) is 5.26 Å². The first-order valence-corrected chi connectivity index (χ1v) is 6.28. The minimum Gasteiger partial charge on any atom is -0.398 e. The smallest absolute Gasteiger partial charge is 0.147 e. The Morgan fingerprint density at radius 1 is 1.35 bits per heavy atom. The maximum Gasteiger partial charge on any atom is 0.147 e. The Balaban J connectivity index is 2.55. The minimum atomic E-state index is -1.51. The number of nitrogen functional groups attached to an aromatic ring is 1. The number of halogens is 2. The van der Waals surface area contributed by atoms with E-state index in [1.165, 1.54) is 5.41 Å². The summed E-state index contributed by atoms with van der Waals surface area (Å²) < 4.78 is 26.5. The average Bonchev–Trinajstić information content (AvgIpc) is 2.58. The summed E-state index contributed by atoms with van der Waals surface area (Å²) in [6.45, 7) is 1.75. The number of aryl methyl sites for hydroxylation is 1. The zero-order valence-electron chi connectivity index (χ0n) is 9.04. The molecule has 5 heteroatoms. The Bertz CT molecular complexity index is 585. The van der Waals surface area contributed by atoms with Crippen molar-refractivity contribution in [3.05, 3.63) is 45.7 Å². The summed E-state index contributed by atoms with van der Waals surface area (Å²) in [5.74, 6) is -0.591. The van der Waals surface area contributed by atoms with Gasteiger partial charge < -0.3 is 5.73 Å². The SMILES string of the molecule is Cc1cc(N)c([SH]2C=C(F)C=C2F)cc1C#N. The molecule has 0 saturated carbocycles. The molecule has 1 aliphatic heterocycles. The molecule has 0 saturated heterocycles. The molecule has 0 bridgehead atoms. The summed E-state index contributed by atoms with van der Waals surface area (Å²) in [5, 5.41) is 9.60. The van der Waals surface area contributed by atoms with Crippen LogP contribution in [-0.2, 0) is 0 Å². The number of hydrogen-bond donors (Lipinski definition) is 2. The molecule has 2 N–H and O–H groups in total. The average molecular weight is 252 g/mol. The van der Waals surface area contributed by atoms with E-state index >= 15 is 0 Å². The maximum absolute atomic E-state index is 13.5. The third-order valence-electron chi connectivity index (χ3n) is 2.49. The summed E-state index contributed by atoms with van der Waals surface area (Å²) in [6, 6.07) is 5.17. The predicted octanol–water partition coefficient (Wildman–Crippen LogP) is 3.44. The lowest BCUT2D eigenvalue weighted by Gasteiger charge is -2.16. The predicted molar refractivity (Wildman–Crippen MR) is 65.9 cm³/mol. The van der Waals surface area contributed by atoms with Crippen molar-refractivity contribution >= 4 is 16.6 Å². The van der Waals surface area contributed by atoms with E-state index in [-0.39, 0.29) is 0 Å². The molecule has 1 aromatic carbocycles. The largest absolute Gasteiger partial charge is 0.398 e. The van der Waals surface area contributed by atoms with Crippen LogP contribution in [0.1, 0.15) is 11.1 Å². The molecule has 0 spiro atoms. The van der Waals surface area contributed by atoms with Gasteiger partial charge in [0.1, 0.15) is 11.0 Å². The van der Waals surface area contributed by atoms with E-state index in [9.17, 15) is 8.78 Å². The molecule has 1 heterocycles. The molecule has 0 fully saturated rings. The maximum atomic E-state index is 13.5. The Morgan fingerprint density at radius 2 is 2.06 bits per heavy atom. The van der Waals surface area contributed by atoms with Gasteiger partial charge in [0, 0.05) is 16.7 Å². The number of anilines is 1. The number of allylic oxidation sites excluding steroid dienone is 2. The zero-order valence-corrected chi connectivity index (χ0v) is 9.93. The van der Waals surface area contributed by atoms with Gasteiger partial charge in [-0.05, 0) is 30.0 Å². The van der Waals surface area contributed by atoms with Crippen molar-refractivity contribution < 1.29 is 8.78 Å². The lowest BCUT2D eigenvalue weighted by Crippen LogP contribution is -1.94. The number of benzene rings is 1. The van der Waals surface area contributed by atoms with Crippen LogP contribution in [-0.4, -0.2) is 0 Å². The van der Waals surface area contributed by atoms with E-state index in [1.54, 1.807) is 19.1 Å². The fraction of sp³-hybridized carbons (Fsp3) is 0.0833. The number of rotatable bonds is 1. The summed E-state index contributed by atoms with van der Waals surface area (Å²) in [4.78, 5) is 0.489. The van der Waals surface area contributed by atoms with Gasteiger partial charge in [-0.1, -0.05) is 0 Å². The molecule has 2 nitrogen and oxygen atoms in total. The number of thiol groups is 1. The third kappa shape index (κ3) is 2.04. The molecule has 17 heavy (non-hydrogen) atoms. The van der Waals surface area contributed by atoms with Crippen LogP contribution in [0.3, 0.4) is 0 Å². The van der Waals surface area contributed by atoms with Crippen LogP contribution in [0.4, 0.5) is 14.5 Å². The lowest BCUT2D eigenvalue weighted by atomic mass is 10.1. The first-order chi connectivity index (χ1) is 8.02. The van der Waals surface area contributed by atoms with Gasteiger partial charge in [0.05, 0.1) is 11.6 Å². The highest BCUT2D eigenvalue weighted by Gasteiger charge is 2.20. The van der Waals surface area contributed by atoms with Crippen molar-refractivity contribution in [1.82, 2.24) is 0 Å². The molecule has 1 aliphatic rings. The topological polar surface area (TPSA) is 49.8 Å². The monoisotopic (exact) mass is 252 g/mol. The minimum absolute atomic E-state index is 0.391. The highest BCUT2D eigenvalue weighted by atomic mass is 32.2. The second-order valence-corrected chi connectivity index (χ2v) is 5.60. The van der Waals surface area contributed by atoms with Crippen LogP contribution in [0.2, 0.25) is 0 Å². The molecule has 0 amide bonds. The van der Waals surface area contributed by atoms with E-state index in [1.807, 2.05) is 6.07 Å². The molecular formula is C12H10F2N2S. The summed E-state index contributed by atoms with van der Waals surface area (Å²) in [6.07, 6.45) is 0.858. The van der Waals surface area contributed by atoms with Crippen molar-refractivity contribution in [2.24, 2.45) is 0 Å². The summed E-state index contributed by atoms with van der Waals surface area (Å²) in [7, 11) is -1.51. The Kier molecular flexibility index (Phi) is 2.90. The summed E-state index contributed by atoms with van der Waals surface area (Å²) in [5.41, 5.74) is 7.35. The molecule has 0 aromatic heterocycles. The van der Waals surface area contributed by atoms with E-state index in [0.29, 0.717) is 16.1 Å². The molecule has 88 valence electrons. The Labute approximate surface area is 100 Å². The van der Waals surface area contributed by atoms with Gasteiger partial charge in [-0.25, -0.2) is 8.78 Å². The number of nitrogens with two attached hydrogens (primary N) is 1. The number of nitrogens with zero attached hydrogens (tertiary/aromatic N) is 1. The fourth-order valence-electron chi connectivity index (χ4n) is 1.64.